The van der Waals surface area contributed by atoms with Crippen molar-refractivity contribution in [3.8, 4) is 11.5 Å². The van der Waals surface area contributed by atoms with Crippen LogP contribution in [-0.2, 0) is 9.59 Å². The monoisotopic (exact) mass is 689 g/mol. The first-order chi connectivity index (χ1) is 24.0. The molecule has 0 amide bonds. The summed E-state index contributed by atoms with van der Waals surface area (Å²) in [4.78, 5) is 25.2. The van der Waals surface area contributed by atoms with Crippen molar-refractivity contribution < 1.29 is 23.5 Å². The highest BCUT2D eigenvalue weighted by Crippen LogP contribution is 2.38. The lowest BCUT2D eigenvalue weighted by Crippen LogP contribution is -2.12. The lowest BCUT2D eigenvalue weighted by molar-refractivity contribution is -0.137. The number of carbonyl (C=O) groups is 2. The van der Waals surface area contributed by atoms with Gasteiger partial charge in [0.25, 0.3) is 0 Å². The third-order valence-corrected chi connectivity index (χ3v) is 10.1. The molecule has 0 N–H and O–H groups in total. The van der Waals surface area contributed by atoms with Crippen molar-refractivity contribution in [2.24, 2.45) is 0 Å². The van der Waals surface area contributed by atoms with E-state index in [0.717, 1.165) is 38.5 Å². The summed E-state index contributed by atoms with van der Waals surface area (Å²) in [6.45, 7) is 8.05. The van der Waals surface area contributed by atoms with Gasteiger partial charge in [-0.15, -0.1) is 0 Å². The van der Waals surface area contributed by atoms with Crippen LogP contribution >= 0.6 is 0 Å². The summed E-state index contributed by atoms with van der Waals surface area (Å²) < 4.78 is 17.0. The molecule has 0 radical (unpaired) electrons. The van der Waals surface area contributed by atoms with Gasteiger partial charge in [-0.2, -0.15) is 0 Å². The maximum absolute atomic E-state index is 12.6. The molecule has 0 fully saturated rings. The number of rotatable bonds is 36. The maximum atomic E-state index is 12.6. The van der Waals surface area contributed by atoms with Crippen molar-refractivity contribution in [1.29, 1.82) is 0 Å². The normalized spacial score (nSPS) is 11.3. The number of furan rings is 1. The number of aryl methyl sites for hydroxylation is 2. The molecular formula is C44H80O5. The number of hydrogen-bond donors (Lipinski definition) is 0. The van der Waals surface area contributed by atoms with Gasteiger partial charge in [0.15, 0.2) is 0 Å². The van der Waals surface area contributed by atoms with Gasteiger partial charge in [0.2, 0.25) is 11.5 Å². The zero-order valence-corrected chi connectivity index (χ0v) is 33.1. The second-order valence-electron chi connectivity index (χ2n) is 14.9. The molecule has 49 heavy (non-hydrogen) atoms. The zero-order valence-electron chi connectivity index (χ0n) is 33.1. The van der Waals surface area contributed by atoms with Crippen LogP contribution in [0.15, 0.2) is 4.42 Å². The second-order valence-corrected chi connectivity index (χ2v) is 14.9. The first-order valence-electron chi connectivity index (χ1n) is 21.5. The van der Waals surface area contributed by atoms with E-state index in [1.54, 1.807) is 13.8 Å². The molecule has 5 heteroatoms. The zero-order chi connectivity index (χ0) is 35.6. The molecule has 0 saturated heterocycles. The van der Waals surface area contributed by atoms with Crippen molar-refractivity contribution >= 4 is 11.9 Å². The predicted molar refractivity (Wildman–Crippen MR) is 208 cm³/mol. The number of esters is 2. The number of carbonyl (C=O) groups excluding carboxylic acids is 2. The maximum Gasteiger partial charge on any atom is 0.311 e. The van der Waals surface area contributed by atoms with Gasteiger partial charge in [-0.05, 0) is 26.7 Å². The highest BCUT2D eigenvalue weighted by atomic mass is 16.6. The number of ether oxygens (including phenoxy) is 2. The molecule has 0 unspecified atom stereocenters. The fourth-order valence-corrected chi connectivity index (χ4v) is 6.84. The van der Waals surface area contributed by atoms with Crippen LogP contribution in [0.25, 0.3) is 0 Å². The molecule has 5 nitrogen and oxygen atoms in total. The third kappa shape index (κ3) is 26.7. The van der Waals surface area contributed by atoms with Gasteiger partial charge in [-0.25, -0.2) is 0 Å². The summed E-state index contributed by atoms with van der Waals surface area (Å²) in [5, 5.41) is 0. The highest BCUT2D eigenvalue weighted by Gasteiger charge is 2.23. The Morgan fingerprint density at radius 3 is 0.796 bits per heavy atom. The Bertz CT molecular complexity index is 833. The van der Waals surface area contributed by atoms with E-state index in [1.165, 1.54) is 167 Å². The third-order valence-electron chi connectivity index (χ3n) is 10.1. The van der Waals surface area contributed by atoms with Gasteiger partial charge in [0.05, 0.1) is 0 Å². The number of unbranched alkanes of at least 4 members (excludes halogenated alkanes) is 30. The van der Waals surface area contributed by atoms with E-state index in [4.69, 9.17) is 13.9 Å². The molecule has 0 atom stereocenters. The molecule has 1 aromatic heterocycles. The Balaban J connectivity index is 2.05. The van der Waals surface area contributed by atoms with E-state index < -0.39 is 0 Å². The van der Waals surface area contributed by atoms with Gasteiger partial charge < -0.3 is 13.9 Å². The molecule has 1 aromatic rings. The molecule has 0 bridgehead atoms. The van der Waals surface area contributed by atoms with Crippen LogP contribution in [0.4, 0.5) is 0 Å². The molecular weight excluding hydrogens is 608 g/mol. The molecule has 0 aliphatic carbocycles. The molecule has 0 aliphatic heterocycles. The summed E-state index contributed by atoms with van der Waals surface area (Å²) in [7, 11) is 0. The lowest BCUT2D eigenvalue weighted by Gasteiger charge is -2.08. The summed E-state index contributed by atoms with van der Waals surface area (Å²) in [6.07, 6.45) is 42.4. The highest BCUT2D eigenvalue weighted by molar-refractivity contribution is 5.77. The molecule has 0 spiro atoms. The Labute approximate surface area is 303 Å². The number of hydrogen-bond acceptors (Lipinski definition) is 5. The van der Waals surface area contributed by atoms with Crippen molar-refractivity contribution in [2.45, 2.75) is 246 Å². The minimum Gasteiger partial charge on any atom is -0.459 e. The van der Waals surface area contributed by atoms with Crippen molar-refractivity contribution in [3.05, 3.63) is 11.5 Å². The summed E-state index contributed by atoms with van der Waals surface area (Å²) in [6, 6.07) is 0. The van der Waals surface area contributed by atoms with Crippen LogP contribution in [-0.4, -0.2) is 11.9 Å². The standard InChI is InChI=1S/C44H80O5/c1-5-7-9-11-13-15-17-19-21-23-25-27-29-31-33-35-37-41(45)48-43-39(3)47-40(4)44(43)49-42(46)38-36-34-32-30-28-26-24-22-20-18-16-14-12-10-8-6-2/h5-38H2,1-4H3. The molecule has 1 rings (SSSR count). The van der Waals surface area contributed by atoms with Gasteiger partial charge in [0.1, 0.15) is 11.5 Å². The van der Waals surface area contributed by atoms with Crippen molar-refractivity contribution in [1.82, 2.24) is 0 Å². The van der Waals surface area contributed by atoms with Crippen LogP contribution in [0.2, 0.25) is 0 Å². The summed E-state index contributed by atoms with van der Waals surface area (Å²) in [5.41, 5.74) is 0. The predicted octanol–water partition coefficient (Wildman–Crippen LogP) is 15.0. The fraction of sp³-hybridized carbons (Fsp3) is 0.864. The minimum absolute atomic E-state index is 0.263. The molecule has 0 aliphatic rings. The van der Waals surface area contributed by atoms with Crippen LogP contribution < -0.4 is 9.47 Å². The van der Waals surface area contributed by atoms with Crippen LogP contribution in [0, 0.1) is 13.8 Å². The van der Waals surface area contributed by atoms with E-state index in [1.807, 2.05) is 0 Å². The van der Waals surface area contributed by atoms with E-state index in [0.29, 0.717) is 24.4 Å². The second kappa shape index (κ2) is 33.4. The summed E-state index contributed by atoms with van der Waals surface area (Å²) >= 11 is 0. The first kappa shape index (κ1) is 45.2. The molecule has 286 valence electrons. The van der Waals surface area contributed by atoms with Gasteiger partial charge in [-0.3, -0.25) is 9.59 Å². The van der Waals surface area contributed by atoms with Crippen molar-refractivity contribution in [3.63, 3.8) is 0 Å². The van der Waals surface area contributed by atoms with E-state index in [-0.39, 0.29) is 23.4 Å². The largest absolute Gasteiger partial charge is 0.459 e. The molecule has 1 heterocycles. The Morgan fingerprint density at radius 1 is 0.367 bits per heavy atom. The minimum atomic E-state index is -0.288. The Hall–Kier alpha value is -1.78. The van der Waals surface area contributed by atoms with E-state index in [9.17, 15) is 9.59 Å². The van der Waals surface area contributed by atoms with Crippen LogP contribution in [0.5, 0.6) is 11.5 Å². The van der Waals surface area contributed by atoms with Crippen molar-refractivity contribution in [2.75, 3.05) is 0 Å². The van der Waals surface area contributed by atoms with E-state index in [2.05, 4.69) is 13.8 Å². The smallest absolute Gasteiger partial charge is 0.311 e. The molecule has 0 saturated carbocycles. The van der Waals surface area contributed by atoms with Crippen LogP contribution in [0.3, 0.4) is 0 Å². The fourth-order valence-electron chi connectivity index (χ4n) is 6.84. The lowest BCUT2D eigenvalue weighted by atomic mass is 10.0. The molecule has 0 aromatic carbocycles. The summed E-state index contributed by atoms with van der Waals surface area (Å²) in [5.74, 6) is 0.901. The first-order valence-corrected chi connectivity index (χ1v) is 21.5. The van der Waals surface area contributed by atoms with Gasteiger partial charge >= 0.3 is 11.9 Å². The van der Waals surface area contributed by atoms with Gasteiger partial charge in [-0.1, -0.05) is 206 Å². The quantitative estimate of drug-likeness (QED) is 0.0518. The van der Waals surface area contributed by atoms with E-state index >= 15 is 0 Å². The van der Waals surface area contributed by atoms with Crippen LogP contribution in [0.1, 0.15) is 244 Å². The average Bonchev–Trinajstić information content (AvgIpc) is 3.34. The Morgan fingerprint density at radius 2 is 0.571 bits per heavy atom. The SMILES string of the molecule is CCCCCCCCCCCCCCCCCCC(=O)Oc1c(C)oc(C)c1OC(=O)CCCCCCCCCCCCCCCCCC. The van der Waals surface area contributed by atoms with Gasteiger partial charge in [0, 0.05) is 12.8 Å². The average molecular weight is 689 g/mol. The topological polar surface area (TPSA) is 65.7 Å². The Kier molecular flexibility index (Phi) is 30.8.